The molecule has 1 rings (SSSR count). The first kappa shape index (κ1) is 5.48. The molecule has 0 aromatic heterocycles. The zero-order chi connectivity index (χ0) is 5.98. The molecule has 1 aliphatic rings. The molecule has 8 heavy (non-hydrogen) atoms. The van der Waals surface area contributed by atoms with Crippen molar-refractivity contribution < 1.29 is 0 Å². The highest BCUT2D eigenvalue weighted by molar-refractivity contribution is 4.88. The Morgan fingerprint density at radius 2 is 2.50 bits per heavy atom. The van der Waals surface area contributed by atoms with Gasteiger partial charge >= 0.3 is 0 Å². The molecule has 0 aromatic carbocycles. The second kappa shape index (κ2) is 2.07. The van der Waals surface area contributed by atoms with Gasteiger partial charge in [0.25, 0.3) is 0 Å². The molecule has 1 atom stereocenters. The Labute approximate surface area is 50.2 Å². The molecule has 0 aromatic rings. The zero-order valence-electron chi connectivity index (χ0n) is 5.39. The lowest BCUT2D eigenvalue weighted by Gasteiger charge is -2.26. The van der Waals surface area contributed by atoms with E-state index in [9.17, 15) is 0 Å². The van der Waals surface area contributed by atoms with Gasteiger partial charge < -0.3 is 10.2 Å². The highest BCUT2D eigenvalue weighted by Crippen LogP contribution is 1.97. The number of likely N-dealkylation sites (N-methyl/N-ethyl adjacent to an activating group) is 1. The molecule has 0 fully saturated rings. The van der Waals surface area contributed by atoms with Crippen LogP contribution >= 0.6 is 0 Å². The molecule has 1 unspecified atom stereocenters. The van der Waals surface area contributed by atoms with Crippen LogP contribution in [0.1, 0.15) is 6.92 Å². The lowest BCUT2D eigenvalue weighted by Crippen LogP contribution is -2.36. The SMILES string of the molecule is CC1CNC=CN1C. The van der Waals surface area contributed by atoms with Crippen LogP contribution in [0.25, 0.3) is 0 Å². The Kier molecular flexibility index (Phi) is 1.42. The summed E-state index contributed by atoms with van der Waals surface area (Å²) in [5.74, 6) is 0. The van der Waals surface area contributed by atoms with Crippen LogP contribution < -0.4 is 5.32 Å². The van der Waals surface area contributed by atoms with Crippen molar-refractivity contribution in [1.29, 1.82) is 0 Å². The Morgan fingerprint density at radius 3 is 2.88 bits per heavy atom. The molecule has 1 heterocycles. The van der Waals surface area contributed by atoms with Crippen molar-refractivity contribution in [3.63, 3.8) is 0 Å². The molecular formula is C6H12N2. The van der Waals surface area contributed by atoms with Crippen LogP contribution in [0, 0.1) is 0 Å². The standard InChI is InChI=1S/C6H12N2/c1-6-5-7-3-4-8(6)2/h3-4,6-7H,5H2,1-2H3. The summed E-state index contributed by atoms with van der Waals surface area (Å²) in [5.41, 5.74) is 0. The average Bonchev–Trinajstić information content (AvgIpc) is 1.77. The second-order valence-electron chi connectivity index (χ2n) is 2.24. The average molecular weight is 112 g/mol. The maximum absolute atomic E-state index is 3.14. The van der Waals surface area contributed by atoms with Crippen LogP contribution in [0.5, 0.6) is 0 Å². The minimum atomic E-state index is 0.639. The molecule has 0 aliphatic carbocycles. The van der Waals surface area contributed by atoms with E-state index >= 15 is 0 Å². The highest BCUT2D eigenvalue weighted by atomic mass is 15.2. The van der Waals surface area contributed by atoms with Gasteiger partial charge in [-0.3, -0.25) is 0 Å². The van der Waals surface area contributed by atoms with Crippen molar-refractivity contribution in [3.05, 3.63) is 12.4 Å². The molecule has 0 bridgehead atoms. The number of hydrogen-bond donors (Lipinski definition) is 1. The van der Waals surface area contributed by atoms with E-state index < -0.39 is 0 Å². The van der Waals surface area contributed by atoms with E-state index in [4.69, 9.17) is 0 Å². The fourth-order valence-electron chi connectivity index (χ4n) is 0.700. The third-order valence-corrected chi connectivity index (χ3v) is 1.54. The van der Waals surface area contributed by atoms with E-state index in [1.54, 1.807) is 0 Å². The molecule has 0 saturated heterocycles. The van der Waals surface area contributed by atoms with Crippen LogP contribution in [-0.2, 0) is 0 Å². The van der Waals surface area contributed by atoms with E-state index in [1.165, 1.54) is 0 Å². The van der Waals surface area contributed by atoms with Gasteiger partial charge in [0.05, 0.1) is 0 Å². The third kappa shape index (κ3) is 0.941. The summed E-state index contributed by atoms with van der Waals surface area (Å²) < 4.78 is 0. The predicted molar refractivity (Wildman–Crippen MR) is 34.4 cm³/mol. The zero-order valence-corrected chi connectivity index (χ0v) is 5.39. The van der Waals surface area contributed by atoms with Gasteiger partial charge in [0.15, 0.2) is 0 Å². The maximum atomic E-state index is 3.14. The summed E-state index contributed by atoms with van der Waals surface area (Å²) in [4.78, 5) is 2.19. The van der Waals surface area contributed by atoms with Gasteiger partial charge in [-0.1, -0.05) is 0 Å². The van der Waals surface area contributed by atoms with Crippen LogP contribution in [0.4, 0.5) is 0 Å². The first-order valence-corrected chi connectivity index (χ1v) is 2.92. The third-order valence-electron chi connectivity index (χ3n) is 1.54. The number of rotatable bonds is 0. The molecule has 0 spiro atoms. The van der Waals surface area contributed by atoms with Gasteiger partial charge in [0, 0.05) is 32.0 Å². The van der Waals surface area contributed by atoms with Gasteiger partial charge in [0.2, 0.25) is 0 Å². The van der Waals surface area contributed by atoms with Crippen molar-refractivity contribution >= 4 is 0 Å². The second-order valence-corrected chi connectivity index (χ2v) is 2.24. The molecule has 2 nitrogen and oxygen atoms in total. The van der Waals surface area contributed by atoms with Gasteiger partial charge in [-0.05, 0) is 6.92 Å². The van der Waals surface area contributed by atoms with Gasteiger partial charge in [-0.2, -0.15) is 0 Å². The molecule has 1 N–H and O–H groups in total. The summed E-state index contributed by atoms with van der Waals surface area (Å²) in [6.07, 6.45) is 4.02. The highest BCUT2D eigenvalue weighted by Gasteiger charge is 2.05. The smallest absolute Gasteiger partial charge is 0.0426 e. The molecule has 46 valence electrons. The van der Waals surface area contributed by atoms with Crippen molar-refractivity contribution in [2.75, 3.05) is 13.6 Å². The molecule has 0 amide bonds. The normalized spacial score (nSPS) is 27.8. The number of hydrogen-bond acceptors (Lipinski definition) is 2. The monoisotopic (exact) mass is 112 g/mol. The minimum Gasteiger partial charge on any atom is -0.388 e. The molecule has 2 heteroatoms. The summed E-state index contributed by atoms with van der Waals surface area (Å²) in [6, 6.07) is 0.639. The van der Waals surface area contributed by atoms with E-state index in [1.807, 2.05) is 12.4 Å². The van der Waals surface area contributed by atoms with Crippen molar-refractivity contribution in [2.45, 2.75) is 13.0 Å². The fourth-order valence-corrected chi connectivity index (χ4v) is 0.700. The van der Waals surface area contributed by atoms with Crippen LogP contribution in [0.3, 0.4) is 0 Å². The molecule has 1 aliphatic heterocycles. The lowest BCUT2D eigenvalue weighted by molar-refractivity contribution is 0.328. The first-order valence-electron chi connectivity index (χ1n) is 2.92. The predicted octanol–water partition coefficient (Wildman–Crippen LogP) is 0.381. The summed E-state index contributed by atoms with van der Waals surface area (Å²) in [7, 11) is 2.09. The number of nitrogens with zero attached hydrogens (tertiary/aromatic N) is 1. The molecule has 0 saturated carbocycles. The van der Waals surface area contributed by atoms with Crippen molar-refractivity contribution in [1.82, 2.24) is 10.2 Å². The van der Waals surface area contributed by atoms with E-state index in [0.29, 0.717) is 6.04 Å². The Bertz CT molecular complexity index is 98.7. The first-order chi connectivity index (χ1) is 3.80. The summed E-state index contributed by atoms with van der Waals surface area (Å²) >= 11 is 0. The lowest BCUT2D eigenvalue weighted by atomic mass is 10.3. The quantitative estimate of drug-likeness (QED) is 0.487. The minimum absolute atomic E-state index is 0.639. The Hall–Kier alpha value is -0.660. The maximum Gasteiger partial charge on any atom is 0.0426 e. The van der Waals surface area contributed by atoms with Crippen LogP contribution in [0.15, 0.2) is 12.4 Å². The van der Waals surface area contributed by atoms with Crippen molar-refractivity contribution in [3.8, 4) is 0 Å². The summed E-state index contributed by atoms with van der Waals surface area (Å²) in [6.45, 7) is 3.25. The van der Waals surface area contributed by atoms with Crippen molar-refractivity contribution in [2.24, 2.45) is 0 Å². The van der Waals surface area contributed by atoms with E-state index in [2.05, 4.69) is 24.2 Å². The van der Waals surface area contributed by atoms with Crippen LogP contribution in [-0.4, -0.2) is 24.5 Å². The Balaban J connectivity index is 2.47. The topological polar surface area (TPSA) is 15.3 Å². The largest absolute Gasteiger partial charge is 0.388 e. The fraction of sp³-hybridized carbons (Fsp3) is 0.667. The van der Waals surface area contributed by atoms with Gasteiger partial charge in [0.1, 0.15) is 0 Å². The van der Waals surface area contributed by atoms with E-state index in [-0.39, 0.29) is 0 Å². The van der Waals surface area contributed by atoms with Gasteiger partial charge in [-0.15, -0.1) is 0 Å². The number of nitrogens with one attached hydrogen (secondary N) is 1. The van der Waals surface area contributed by atoms with Gasteiger partial charge in [-0.25, -0.2) is 0 Å². The molecular weight excluding hydrogens is 100 g/mol. The van der Waals surface area contributed by atoms with Crippen LogP contribution in [0.2, 0.25) is 0 Å². The van der Waals surface area contributed by atoms with E-state index in [0.717, 1.165) is 6.54 Å². The Morgan fingerprint density at radius 1 is 1.75 bits per heavy atom. The molecule has 0 radical (unpaired) electrons. The summed E-state index contributed by atoms with van der Waals surface area (Å²) in [5, 5.41) is 3.14.